The van der Waals surface area contributed by atoms with Gasteiger partial charge in [0.15, 0.2) is 0 Å². The van der Waals surface area contributed by atoms with Crippen LogP contribution in [0.5, 0.6) is 0 Å². The van der Waals surface area contributed by atoms with E-state index in [9.17, 15) is 9.59 Å². The number of amides is 2. The molecule has 1 aromatic rings. The van der Waals surface area contributed by atoms with Gasteiger partial charge in [0, 0.05) is 23.5 Å². The maximum Gasteiger partial charge on any atom is 0.224 e. The summed E-state index contributed by atoms with van der Waals surface area (Å²) in [5, 5.41) is 5.61. The van der Waals surface area contributed by atoms with E-state index in [1.165, 1.54) is 0 Å². The summed E-state index contributed by atoms with van der Waals surface area (Å²) in [7, 11) is 0. The Morgan fingerprint density at radius 1 is 1.11 bits per heavy atom. The van der Waals surface area contributed by atoms with E-state index in [-0.39, 0.29) is 17.7 Å². The molecule has 0 aromatic heterocycles. The molecule has 0 heterocycles. The van der Waals surface area contributed by atoms with Gasteiger partial charge in [-0.15, -0.1) is 0 Å². The van der Waals surface area contributed by atoms with Gasteiger partial charge in [0.1, 0.15) is 0 Å². The molecule has 1 aliphatic rings. The van der Waals surface area contributed by atoms with E-state index in [0.29, 0.717) is 19.5 Å². The fourth-order valence-electron chi connectivity index (χ4n) is 1.73. The number of rotatable bonds is 6. The van der Waals surface area contributed by atoms with Crippen LogP contribution in [-0.4, -0.2) is 24.9 Å². The van der Waals surface area contributed by atoms with Gasteiger partial charge < -0.3 is 10.6 Å². The molecule has 5 heteroatoms. The van der Waals surface area contributed by atoms with E-state index < -0.39 is 0 Å². The quantitative estimate of drug-likeness (QED) is 0.781. The van der Waals surface area contributed by atoms with E-state index in [1.807, 2.05) is 24.3 Å². The highest BCUT2D eigenvalue weighted by Crippen LogP contribution is 2.28. The Morgan fingerprint density at radius 3 is 2.37 bits per heavy atom. The monoisotopic (exact) mass is 324 g/mol. The molecule has 2 amide bonds. The van der Waals surface area contributed by atoms with Crippen molar-refractivity contribution in [1.29, 1.82) is 0 Å². The second kappa shape index (κ2) is 6.70. The maximum absolute atomic E-state index is 11.7. The van der Waals surface area contributed by atoms with E-state index >= 15 is 0 Å². The van der Waals surface area contributed by atoms with Crippen molar-refractivity contribution in [3.05, 3.63) is 34.3 Å². The van der Waals surface area contributed by atoms with Crippen molar-refractivity contribution >= 4 is 27.7 Å². The highest BCUT2D eigenvalue weighted by atomic mass is 79.9. The third-order valence-electron chi connectivity index (χ3n) is 2.97. The van der Waals surface area contributed by atoms with Gasteiger partial charge in [0.05, 0.1) is 6.42 Å². The van der Waals surface area contributed by atoms with Crippen molar-refractivity contribution in [3.8, 4) is 0 Å². The Morgan fingerprint density at radius 2 is 1.74 bits per heavy atom. The molecule has 102 valence electrons. The van der Waals surface area contributed by atoms with Crippen LogP contribution in [0.2, 0.25) is 0 Å². The zero-order chi connectivity index (χ0) is 13.7. The smallest absolute Gasteiger partial charge is 0.224 e. The van der Waals surface area contributed by atoms with Crippen LogP contribution in [0.15, 0.2) is 28.7 Å². The van der Waals surface area contributed by atoms with Crippen LogP contribution >= 0.6 is 15.9 Å². The first-order valence-electron chi connectivity index (χ1n) is 6.44. The first-order valence-corrected chi connectivity index (χ1v) is 7.23. The van der Waals surface area contributed by atoms with Crippen LogP contribution in [0, 0.1) is 5.92 Å². The number of carbonyl (C=O) groups excluding carboxylic acids is 2. The third kappa shape index (κ3) is 5.03. The van der Waals surface area contributed by atoms with Gasteiger partial charge in [-0.25, -0.2) is 0 Å². The predicted molar refractivity (Wildman–Crippen MR) is 76.6 cm³/mol. The van der Waals surface area contributed by atoms with E-state index in [4.69, 9.17) is 0 Å². The lowest BCUT2D eigenvalue weighted by atomic mass is 10.1. The van der Waals surface area contributed by atoms with Gasteiger partial charge in [0.25, 0.3) is 0 Å². The molecule has 0 unspecified atom stereocenters. The highest BCUT2D eigenvalue weighted by Gasteiger charge is 2.28. The third-order valence-corrected chi connectivity index (χ3v) is 3.50. The molecule has 2 N–H and O–H groups in total. The van der Waals surface area contributed by atoms with Gasteiger partial charge in [0.2, 0.25) is 11.8 Å². The summed E-state index contributed by atoms with van der Waals surface area (Å²) < 4.78 is 0.999. The lowest BCUT2D eigenvalue weighted by molar-refractivity contribution is -0.123. The molecule has 1 aromatic carbocycles. The van der Waals surface area contributed by atoms with Crippen LogP contribution in [0.1, 0.15) is 18.4 Å². The number of halogens is 1. The molecular formula is C14H17BrN2O2. The SMILES string of the molecule is O=C(Cc1ccc(Br)cc1)NCCNC(=O)C1CC1. The molecule has 0 radical (unpaired) electrons. The molecule has 1 fully saturated rings. The maximum atomic E-state index is 11.7. The van der Waals surface area contributed by atoms with Gasteiger partial charge in [-0.3, -0.25) is 9.59 Å². The van der Waals surface area contributed by atoms with Gasteiger partial charge >= 0.3 is 0 Å². The first-order chi connectivity index (χ1) is 9.15. The fourth-order valence-corrected chi connectivity index (χ4v) is 1.99. The second-order valence-electron chi connectivity index (χ2n) is 4.72. The molecule has 0 saturated heterocycles. The summed E-state index contributed by atoms with van der Waals surface area (Å²) in [4.78, 5) is 23.0. The average molecular weight is 325 g/mol. The Kier molecular flexibility index (Phi) is 4.96. The van der Waals surface area contributed by atoms with Crippen LogP contribution < -0.4 is 10.6 Å². The predicted octanol–water partition coefficient (Wildman–Crippen LogP) is 1.63. The number of hydrogen-bond donors (Lipinski definition) is 2. The van der Waals surface area contributed by atoms with Gasteiger partial charge in [-0.1, -0.05) is 28.1 Å². The number of nitrogens with one attached hydrogen (secondary N) is 2. The minimum atomic E-state index is -0.0250. The summed E-state index contributed by atoms with van der Waals surface area (Å²) in [6, 6.07) is 7.66. The summed E-state index contributed by atoms with van der Waals surface area (Å²) in [5.74, 6) is 0.309. The lowest BCUT2D eigenvalue weighted by Crippen LogP contribution is -2.35. The summed E-state index contributed by atoms with van der Waals surface area (Å²) in [5.41, 5.74) is 0.975. The van der Waals surface area contributed by atoms with Crippen molar-refractivity contribution in [3.63, 3.8) is 0 Å². The Hall–Kier alpha value is -1.36. The van der Waals surface area contributed by atoms with Crippen molar-refractivity contribution in [2.75, 3.05) is 13.1 Å². The average Bonchev–Trinajstić information content (AvgIpc) is 3.21. The molecule has 0 bridgehead atoms. The highest BCUT2D eigenvalue weighted by molar-refractivity contribution is 9.10. The fraction of sp³-hybridized carbons (Fsp3) is 0.429. The molecule has 0 spiro atoms. The number of hydrogen-bond acceptors (Lipinski definition) is 2. The minimum absolute atomic E-state index is 0.0250. The molecule has 2 rings (SSSR count). The summed E-state index contributed by atoms with van der Waals surface area (Å²) in [6.45, 7) is 0.981. The van der Waals surface area contributed by atoms with Crippen LogP contribution in [0.3, 0.4) is 0 Å². The molecule has 0 atom stereocenters. The molecular weight excluding hydrogens is 308 g/mol. The summed E-state index contributed by atoms with van der Waals surface area (Å²) in [6.07, 6.45) is 2.37. The normalized spacial score (nSPS) is 13.9. The Balaban J connectivity index is 1.61. The van der Waals surface area contributed by atoms with Crippen molar-refractivity contribution in [2.24, 2.45) is 5.92 Å². The van der Waals surface area contributed by atoms with E-state index in [1.54, 1.807) is 0 Å². The van der Waals surface area contributed by atoms with Gasteiger partial charge in [-0.2, -0.15) is 0 Å². The second-order valence-corrected chi connectivity index (χ2v) is 5.63. The zero-order valence-corrected chi connectivity index (χ0v) is 12.2. The number of carbonyl (C=O) groups is 2. The molecule has 0 aliphatic heterocycles. The largest absolute Gasteiger partial charge is 0.354 e. The first kappa shape index (κ1) is 14.1. The molecule has 19 heavy (non-hydrogen) atoms. The van der Waals surface area contributed by atoms with Gasteiger partial charge in [-0.05, 0) is 30.5 Å². The van der Waals surface area contributed by atoms with Crippen LogP contribution in [0.4, 0.5) is 0 Å². The van der Waals surface area contributed by atoms with E-state index in [0.717, 1.165) is 22.9 Å². The Labute approximate surface area is 121 Å². The molecule has 1 saturated carbocycles. The van der Waals surface area contributed by atoms with Crippen molar-refractivity contribution in [2.45, 2.75) is 19.3 Å². The molecule has 4 nitrogen and oxygen atoms in total. The Bertz CT molecular complexity index is 455. The standard InChI is InChI=1S/C14H17BrN2O2/c15-12-5-1-10(2-6-12)9-13(18)16-7-8-17-14(19)11-3-4-11/h1-2,5-6,11H,3-4,7-9H2,(H,16,18)(H,17,19). The zero-order valence-electron chi connectivity index (χ0n) is 10.6. The van der Waals surface area contributed by atoms with E-state index in [2.05, 4.69) is 26.6 Å². The van der Waals surface area contributed by atoms with Crippen LogP contribution in [-0.2, 0) is 16.0 Å². The lowest BCUT2D eigenvalue weighted by Gasteiger charge is -2.07. The topological polar surface area (TPSA) is 58.2 Å². The summed E-state index contributed by atoms with van der Waals surface area (Å²) >= 11 is 3.35. The van der Waals surface area contributed by atoms with Crippen molar-refractivity contribution < 1.29 is 9.59 Å². The van der Waals surface area contributed by atoms with Crippen LogP contribution in [0.25, 0.3) is 0 Å². The van der Waals surface area contributed by atoms with Crippen molar-refractivity contribution in [1.82, 2.24) is 10.6 Å². The minimum Gasteiger partial charge on any atom is -0.354 e. The molecule has 1 aliphatic carbocycles. The number of benzene rings is 1.